The zero-order valence-electron chi connectivity index (χ0n) is 13.5. The van der Waals surface area contributed by atoms with Gasteiger partial charge in [-0.15, -0.1) is 0 Å². The summed E-state index contributed by atoms with van der Waals surface area (Å²) in [4.78, 5) is 13.5. The highest BCUT2D eigenvalue weighted by atomic mass is 16.2. The Hall–Kier alpha value is -1.71. The molecule has 1 saturated carbocycles. The van der Waals surface area contributed by atoms with Crippen LogP contribution in [0.15, 0.2) is 18.2 Å². The van der Waals surface area contributed by atoms with Crippen LogP contribution in [0, 0.1) is 11.8 Å². The highest BCUT2D eigenvalue weighted by Gasteiger charge is 2.24. The minimum absolute atomic E-state index is 0.0200. The maximum atomic E-state index is 11.9. The quantitative estimate of drug-likeness (QED) is 0.840. The molecule has 3 unspecified atom stereocenters. The predicted octanol–water partition coefficient (Wildman–Crippen LogP) is 3.21. The highest BCUT2D eigenvalue weighted by Crippen LogP contribution is 2.32. The molecule has 0 aliphatic heterocycles. The first-order valence-corrected chi connectivity index (χ1v) is 7.76. The lowest BCUT2D eigenvalue weighted by molar-refractivity contribution is 0.0827. The van der Waals surface area contributed by atoms with E-state index < -0.39 is 0 Å². The van der Waals surface area contributed by atoms with Gasteiger partial charge in [0.2, 0.25) is 0 Å². The van der Waals surface area contributed by atoms with E-state index in [1.54, 1.807) is 25.1 Å². The number of hydrogen-bond acceptors (Lipinski definition) is 3. The van der Waals surface area contributed by atoms with Crippen LogP contribution in [0.4, 0.5) is 11.4 Å². The molecule has 0 saturated heterocycles. The number of carbonyl (C=O) groups is 1. The lowest BCUT2D eigenvalue weighted by atomic mass is 9.79. The van der Waals surface area contributed by atoms with Gasteiger partial charge in [0.15, 0.2) is 0 Å². The van der Waals surface area contributed by atoms with E-state index in [1.807, 2.05) is 12.1 Å². The van der Waals surface area contributed by atoms with Crippen molar-refractivity contribution in [2.24, 2.45) is 11.8 Å². The Morgan fingerprint density at radius 3 is 2.52 bits per heavy atom. The number of nitrogens with one attached hydrogen (secondary N) is 1. The molecule has 0 spiro atoms. The lowest BCUT2D eigenvalue weighted by Crippen LogP contribution is -2.30. The third-order valence-corrected chi connectivity index (χ3v) is 4.66. The van der Waals surface area contributed by atoms with E-state index in [0.29, 0.717) is 17.3 Å². The second kappa shape index (κ2) is 6.37. The van der Waals surface area contributed by atoms with Crippen molar-refractivity contribution in [3.8, 4) is 0 Å². The lowest BCUT2D eigenvalue weighted by Gasteiger charge is -2.33. The number of carbonyl (C=O) groups excluding carboxylic acids is 1. The molecule has 0 aromatic heterocycles. The van der Waals surface area contributed by atoms with Crippen molar-refractivity contribution in [1.29, 1.82) is 0 Å². The maximum Gasteiger partial charge on any atom is 0.253 e. The molecule has 4 nitrogen and oxygen atoms in total. The van der Waals surface area contributed by atoms with E-state index in [-0.39, 0.29) is 5.91 Å². The van der Waals surface area contributed by atoms with Crippen molar-refractivity contribution in [3.05, 3.63) is 23.8 Å². The number of hydrogen-bond donors (Lipinski definition) is 2. The average molecular weight is 289 g/mol. The maximum absolute atomic E-state index is 11.9. The standard InChI is InChI=1S/C17H27N3O/c1-11-5-7-14(9-12(11)2)19-16-8-6-13(10-15(16)18)17(21)20(3)4/h6,8,10-12,14,19H,5,7,9,18H2,1-4H3. The summed E-state index contributed by atoms with van der Waals surface area (Å²) in [6.07, 6.45) is 3.62. The van der Waals surface area contributed by atoms with Gasteiger partial charge < -0.3 is 16.0 Å². The third-order valence-electron chi connectivity index (χ3n) is 4.66. The number of rotatable bonds is 3. The van der Waals surface area contributed by atoms with E-state index in [4.69, 9.17) is 5.73 Å². The van der Waals surface area contributed by atoms with Crippen molar-refractivity contribution in [3.63, 3.8) is 0 Å². The third kappa shape index (κ3) is 3.69. The number of anilines is 2. The number of nitrogens with two attached hydrogens (primary N) is 1. The van der Waals surface area contributed by atoms with Crippen LogP contribution in [0.2, 0.25) is 0 Å². The number of amides is 1. The van der Waals surface area contributed by atoms with Gasteiger partial charge >= 0.3 is 0 Å². The second-order valence-corrected chi connectivity index (χ2v) is 6.61. The zero-order valence-corrected chi connectivity index (χ0v) is 13.5. The van der Waals surface area contributed by atoms with Crippen LogP contribution in [0.3, 0.4) is 0 Å². The van der Waals surface area contributed by atoms with Crippen LogP contribution >= 0.6 is 0 Å². The molecule has 1 fully saturated rings. The first-order valence-electron chi connectivity index (χ1n) is 7.76. The number of nitrogens with zero attached hydrogens (tertiary/aromatic N) is 1. The van der Waals surface area contributed by atoms with Crippen LogP contribution in [0.1, 0.15) is 43.5 Å². The summed E-state index contributed by atoms with van der Waals surface area (Å²) >= 11 is 0. The Labute approximate surface area is 127 Å². The first kappa shape index (κ1) is 15.7. The summed E-state index contributed by atoms with van der Waals surface area (Å²) < 4.78 is 0. The molecular formula is C17H27N3O. The molecule has 3 N–H and O–H groups in total. The Morgan fingerprint density at radius 1 is 1.24 bits per heavy atom. The van der Waals surface area contributed by atoms with Gasteiger partial charge in [0.25, 0.3) is 5.91 Å². The molecule has 1 aromatic rings. The van der Waals surface area contributed by atoms with Gasteiger partial charge in [0, 0.05) is 25.7 Å². The predicted molar refractivity (Wildman–Crippen MR) is 88.5 cm³/mol. The molecule has 1 aromatic carbocycles. The Bertz CT molecular complexity index is 513. The van der Waals surface area contributed by atoms with Gasteiger partial charge in [0.05, 0.1) is 11.4 Å². The fourth-order valence-corrected chi connectivity index (χ4v) is 2.98. The minimum Gasteiger partial charge on any atom is -0.397 e. The molecule has 4 heteroatoms. The molecule has 0 radical (unpaired) electrons. The summed E-state index contributed by atoms with van der Waals surface area (Å²) in [5, 5.41) is 3.55. The fraction of sp³-hybridized carbons (Fsp3) is 0.588. The van der Waals surface area contributed by atoms with E-state index >= 15 is 0 Å². The summed E-state index contributed by atoms with van der Waals surface area (Å²) in [7, 11) is 3.49. The molecule has 1 aliphatic rings. The van der Waals surface area contributed by atoms with Crippen molar-refractivity contribution in [1.82, 2.24) is 4.90 Å². The van der Waals surface area contributed by atoms with Gasteiger partial charge in [-0.05, 0) is 49.3 Å². The summed E-state index contributed by atoms with van der Waals surface area (Å²) in [6.45, 7) is 4.65. The smallest absolute Gasteiger partial charge is 0.253 e. The molecule has 0 bridgehead atoms. The molecule has 0 heterocycles. The molecule has 1 aliphatic carbocycles. The second-order valence-electron chi connectivity index (χ2n) is 6.61. The van der Waals surface area contributed by atoms with Crippen LogP contribution < -0.4 is 11.1 Å². The number of benzene rings is 1. The first-order chi connectivity index (χ1) is 9.88. The van der Waals surface area contributed by atoms with Crippen molar-refractivity contribution in [2.45, 2.75) is 39.2 Å². The van der Waals surface area contributed by atoms with Crippen LogP contribution in [0.5, 0.6) is 0 Å². The normalized spacial score (nSPS) is 25.4. The Morgan fingerprint density at radius 2 is 1.95 bits per heavy atom. The largest absolute Gasteiger partial charge is 0.397 e. The van der Waals surface area contributed by atoms with Gasteiger partial charge in [0.1, 0.15) is 0 Å². The molecular weight excluding hydrogens is 262 g/mol. The van der Waals surface area contributed by atoms with E-state index in [1.165, 1.54) is 19.3 Å². The molecule has 116 valence electrons. The molecule has 2 rings (SSSR count). The Kier molecular flexibility index (Phi) is 4.76. The van der Waals surface area contributed by atoms with E-state index in [9.17, 15) is 4.79 Å². The zero-order chi connectivity index (χ0) is 15.6. The number of nitrogen functional groups attached to an aromatic ring is 1. The summed E-state index contributed by atoms with van der Waals surface area (Å²) in [5.41, 5.74) is 8.33. The molecule has 1 amide bonds. The van der Waals surface area contributed by atoms with Gasteiger partial charge in [-0.1, -0.05) is 13.8 Å². The van der Waals surface area contributed by atoms with E-state index in [0.717, 1.165) is 17.5 Å². The van der Waals surface area contributed by atoms with Gasteiger partial charge in [-0.3, -0.25) is 4.79 Å². The van der Waals surface area contributed by atoms with Crippen LogP contribution in [-0.4, -0.2) is 30.9 Å². The van der Waals surface area contributed by atoms with Gasteiger partial charge in [-0.25, -0.2) is 0 Å². The average Bonchev–Trinajstić information content (AvgIpc) is 2.44. The summed E-state index contributed by atoms with van der Waals surface area (Å²) in [5.74, 6) is 1.53. The van der Waals surface area contributed by atoms with Crippen molar-refractivity contribution >= 4 is 17.3 Å². The molecule has 21 heavy (non-hydrogen) atoms. The monoisotopic (exact) mass is 289 g/mol. The van der Waals surface area contributed by atoms with Crippen LogP contribution in [-0.2, 0) is 0 Å². The van der Waals surface area contributed by atoms with Crippen molar-refractivity contribution < 1.29 is 4.79 Å². The minimum atomic E-state index is -0.0200. The molecule has 3 atom stereocenters. The van der Waals surface area contributed by atoms with Crippen LogP contribution in [0.25, 0.3) is 0 Å². The SMILES string of the molecule is CC1CCC(Nc2ccc(C(=O)N(C)C)cc2N)CC1C. The van der Waals surface area contributed by atoms with Crippen molar-refractivity contribution in [2.75, 3.05) is 25.1 Å². The topological polar surface area (TPSA) is 58.4 Å². The van der Waals surface area contributed by atoms with E-state index in [2.05, 4.69) is 19.2 Å². The fourth-order valence-electron chi connectivity index (χ4n) is 2.98. The summed E-state index contributed by atoms with van der Waals surface area (Å²) in [6, 6.07) is 6.01. The highest BCUT2D eigenvalue weighted by molar-refractivity contribution is 5.95. The Balaban J connectivity index is 2.06. The van der Waals surface area contributed by atoms with Gasteiger partial charge in [-0.2, -0.15) is 0 Å².